The molecule has 0 unspecified atom stereocenters. The van der Waals surface area contributed by atoms with Crippen molar-refractivity contribution in [1.29, 1.82) is 0 Å². The van der Waals surface area contributed by atoms with Crippen LogP contribution in [-0.4, -0.2) is 66.0 Å². The highest BCUT2D eigenvalue weighted by Gasteiger charge is 2.44. The quantitative estimate of drug-likeness (QED) is 0.462. The second-order valence-corrected chi connectivity index (χ2v) is 4.64. The lowest BCUT2D eigenvalue weighted by atomic mass is 10.1. The number of nitrogens with two attached hydrogens (primary N) is 1. The van der Waals surface area contributed by atoms with Crippen LogP contribution < -0.4 is 5.73 Å². The van der Waals surface area contributed by atoms with Gasteiger partial charge < -0.3 is 25.8 Å². The molecule has 0 aliphatic carbocycles. The van der Waals surface area contributed by atoms with Gasteiger partial charge in [0.1, 0.15) is 23.8 Å². The molecule has 21 heavy (non-hydrogen) atoms. The van der Waals surface area contributed by atoms with Crippen molar-refractivity contribution in [3.05, 3.63) is 12.2 Å². The minimum Gasteiger partial charge on any atom is -0.394 e. The Bertz CT molecular complexity index is 689. The number of imidazole rings is 1. The van der Waals surface area contributed by atoms with Gasteiger partial charge in [-0.2, -0.15) is 0 Å². The fraction of sp³-hybridized carbons (Fsp3) is 0.455. The first-order valence-electron chi connectivity index (χ1n) is 6.14. The largest absolute Gasteiger partial charge is 0.394 e. The average molecular weight is 295 g/mol. The fourth-order valence-corrected chi connectivity index (χ4v) is 2.30. The van der Waals surface area contributed by atoms with Gasteiger partial charge in [0, 0.05) is 0 Å². The lowest BCUT2D eigenvalue weighted by Gasteiger charge is -2.16. The number of hydrogen-bond donors (Lipinski definition) is 4. The number of aromatic nitrogens is 4. The Kier molecular flexibility index (Phi) is 3.29. The van der Waals surface area contributed by atoms with Crippen LogP contribution in [0.4, 0.5) is 5.82 Å². The van der Waals surface area contributed by atoms with Crippen LogP contribution in [0.25, 0.3) is 11.2 Å². The summed E-state index contributed by atoms with van der Waals surface area (Å²) in [5.74, 6) is -0.110. The van der Waals surface area contributed by atoms with Crippen LogP contribution in [-0.2, 0) is 4.74 Å². The highest BCUT2D eigenvalue weighted by Crippen LogP contribution is 2.31. The van der Waals surface area contributed by atoms with E-state index in [9.17, 15) is 15.0 Å². The van der Waals surface area contributed by atoms with E-state index >= 15 is 0 Å². The molecule has 1 aliphatic rings. The van der Waals surface area contributed by atoms with Crippen molar-refractivity contribution in [1.82, 2.24) is 19.5 Å². The van der Waals surface area contributed by atoms with E-state index in [0.717, 1.165) is 0 Å². The Hall–Kier alpha value is -2.14. The number of anilines is 1. The molecule has 1 fully saturated rings. The third-order valence-corrected chi connectivity index (χ3v) is 3.36. The summed E-state index contributed by atoms with van der Waals surface area (Å²) >= 11 is 0. The van der Waals surface area contributed by atoms with E-state index in [4.69, 9.17) is 15.6 Å². The number of rotatable bonds is 3. The molecule has 112 valence electrons. The number of carbonyl (C=O) groups excluding carboxylic acids is 1. The average Bonchev–Trinajstić information content (AvgIpc) is 3.02. The maximum absolute atomic E-state index is 10.8. The summed E-state index contributed by atoms with van der Waals surface area (Å²) in [6.45, 7) is -0.446. The molecule has 2 aromatic heterocycles. The molecule has 0 saturated carbocycles. The molecule has 10 nitrogen and oxygen atoms in total. The Morgan fingerprint density at radius 1 is 1.38 bits per heavy atom. The van der Waals surface area contributed by atoms with Gasteiger partial charge in [-0.15, -0.1) is 0 Å². The summed E-state index contributed by atoms with van der Waals surface area (Å²) in [5, 5.41) is 28.9. The molecule has 2 aromatic rings. The van der Waals surface area contributed by atoms with Gasteiger partial charge in [-0.05, 0) is 0 Å². The van der Waals surface area contributed by atoms with Gasteiger partial charge in [0.25, 0.3) is 0 Å². The molecule has 4 atom stereocenters. The van der Waals surface area contributed by atoms with Crippen molar-refractivity contribution in [3.8, 4) is 0 Å². The van der Waals surface area contributed by atoms with Gasteiger partial charge in [-0.1, -0.05) is 0 Å². The zero-order chi connectivity index (χ0) is 15.1. The molecule has 5 N–H and O–H groups in total. The van der Waals surface area contributed by atoms with Gasteiger partial charge in [0.05, 0.1) is 12.9 Å². The first-order chi connectivity index (χ1) is 10.1. The first-order valence-corrected chi connectivity index (χ1v) is 6.14. The van der Waals surface area contributed by atoms with Crippen molar-refractivity contribution in [2.45, 2.75) is 24.5 Å². The predicted molar refractivity (Wildman–Crippen MR) is 68.1 cm³/mol. The molecular formula is C11H13N5O5. The zero-order valence-electron chi connectivity index (χ0n) is 10.7. The molecule has 3 rings (SSSR count). The van der Waals surface area contributed by atoms with Gasteiger partial charge >= 0.3 is 0 Å². The molecule has 0 amide bonds. The number of fused-ring (bicyclic) bond motifs is 1. The van der Waals surface area contributed by atoms with Gasteiger partial charge in [-0.25, -0.2) is 15.0 Å². The minimum absolute atomic E-state index is 0.0209. The zero-order valence-corrected chi connectivity index (χ0v) is 10.7. The number of aliphatic hydroxyl groups is 3. The van der Waals surface area contributed by atoms with Crippen LogP contribution in [0, 0.1) is 0 Å². The van der Waals surface area contributed by atoms with Crippen LogP contribution in [0.2, 0.25) is 0 Å². The van der Waals surface area contributed by atoms with Crippen LogP contribution in [0.3, 0.4) is 0 Å². The first kappa shape index (κ1) is 13.8. The Morgan fingerprint density at radius 2 is 2.14 bits per heavy atom. The number of aliphatic hydroxyl groups excluding tert-OH is 3. The van der Waals surface area contributed by atoms with Crippen LogP contribution in [0.1, 0.15) is 16.8 Å². The second kappa shape index (κ2) is 5.00. The fourth-order valence-electron chi connectivity index (χ4n) is 2.30. The van der Waals surface area contributed by atoms with Crippen molar-refractivity contribution in [3.63, 3.8) is 0 Å². The SMILES string of the molecule is Nc1nc(C=O)nc2c1ncn2[C@@H]1O[C@@H](CO)[C@@H](O)[C@H]1O. The normalized spacial score (nSPS) is 29.1. The van der Waals surface area contributed by atoms with E-state index in [1.807, 2.05) is 0 Å². The summed E-state index contributed by atoms with van der Waals surface area (Å²) in [6.07, 6.45) is -2.71. The van der Waals surface area contributed by atoms with E-state index in [0.29, 0.717) is 6.29 Å². The predicted octanol–water partition coefficient (Wildman–Crippen LogP) is -2.17. The van der Waals surface area contributed by atoms with Crippen molar-refractivity contribution in [2.24, 2.45) is 0 Å². The summed E-state index contributed by atoms with van der Waals surface area (Å²) < 4.78 is 6.72. The Labute approximate surface area is 117 Å². The lowest BCUT2D eigenvalue weighted by Crippen LogP contribution is -2.33. The van der Waals surface area contributed by atoms with E-state index in [1.54, 1.807) is 0 Å². The van der Waals surface area contributed by atoms with E-state index in [-0.39, 0.29) is 22.8 Å². The van der Waals surface area contributed by atoms with Gasteiger partial charge in [0.15, 0.2) is 29.8 Å². The number of nitrogen functional groups attached to an aromatic ring is 1. The number of nitrogens with zero attached hydrogens (tertiary/aromatic N) is 4. The molecule has 1 aliphatic heterocycles. The number of hydrogen-bond acceptors (Lipinski definition) is 9. The molecule has 0 aromatic carbocycles. The monoisotopic (exact) mass is 295 g/mol. The molecular weight excluding hydrogens is 282 g/mol. The highest BCUT2D eigenvalue weighted by molar-refractivity contribution is 5.84. The minimum atomic E-state index is -1.28. The van der Waals surface area contributed by atoms with E-state index in [1.165, 1.54) is 10.9 Å². The van der Waals surface area contributed by atoms with Gasteiger partial charge in [0.2, 0.25) is 0 Å². The van der Waals surface area contributed by atoms with Crippen LogP contribution in [0.5, 0.6) is 0 Å². The molecule has 3 heterocycles. The van der Waals surface area contributed by atoms with Gasteiger partial charge in [-0.3, -0.25) is 9.36 Å². The molecule has 0 radical (unpaired) electrons. The van der Waals surface area contributed by atoms with Crippen molar-refractivity contribution in [2.75, 3.05) is 12.3 Å². The highest BCUT2D eigenvalue weighted by atomic mass is 16.6. The summed E-state index contributed by atoms with van der Waals surface area (Å²) in [4.78, 5) is 22.5. The molecule has 0 bridgehead atoms. The topological polar surface area (TPSA) is 157 Å². The molecule has 0 spiro atoms. The number of aldehydes is 1. The standard InChI is InChI=1S/C11H13N5O5/c12-9-6-10(15-5(2-18)14-9)16(3-13-6)11-8(20)7(19)4(1-17)21-11/h2-4,7-8,11,17,19-20H,1H2,(H2,12,14,15)/t4-,7+,8+,11+/m0/s1. The second-order valence-electron chi connectivity index (χ2n) is 4.64. The number of carbonyl (C=O) groups is 1. The molecule has 1 saturated heterocycles. The third-order valence-electron chi connectivity index (χ3n) is 3.36. The third kappa shape index (κ3) is 2.05. The van der Waals surface area contributed by atoms with E-state index < -0.39 is 31.1 Å². The summed E-state index contributed by atoms with van der Waals surface area (Å²) in [7, 11) is 0. The Morgan fingerprint density at radius 3 is 2.76 bits per heavy atom. The van der Waals surface area contributed by atoms with Crippen molar-refractivity contribution < 1.29 is 24.9 Å². The van der Waals surface area contributed by atoms with Crippen LogP contribution in [0.15, 0.2) is 6.33 Å². The van der Waals surface area contributed by atoms with E-state index in [2.05, 4.69) is 15.0 Å². The number of ether oxygens (including phenoxy) is 1. The lowest BCUT2D eigenvalue weighted by molar-refractivity contribution is -0.0511. The summed E-state index contributed by atoms with van der Waals surface area (Å²) in [5.41, 5.74) is 6.12. The smallest absolute Gasteiger partial charge is 0.196 e. The molecule has 10 heteroatoms. The van der Waals surface area contributed by atoms with Crippen LogP contribution >= 0.6 is 0 Å². The maximum atomic E-state index is 10.8. The summed E-state index contributed by atoms with van der Waals surface area (Å²) in [6, 6.07) is 0. The van der Waals surface area contributed by atoms with Crippen molar-refractivity contribution >= 4 is 23.3 Å². The maximum Gasteiger partial charge on any atom is 0.196 e. The Balaban J connectivity index is 2.09.